The summed E-state index contributed by atoms with van der Waals surface area (Å²) in [6, 6.07) is 0. The molecule has 0 aromatic carbocycles. The standard InChI is InChI=1S/C13H30N2/c1-11(2)8-9-15(7)10-12(3,4)13(5,6)14/h11H,8-10,14H2,1-7H3. The van der Waals surface area contributed by atoms with Crippen LogP contribution in [0.1, 0.15) is 48.0 Å². The molecule has 0 aliphatic carbocycles. The summed E-state index contributed by atoms with van der Waals surface area (Å²) in [5.41, 5.74) is 6.22. The molecule has 0 aliphatic heterocycles. The Kier molecular flexibility index (Phi) is 5.28. The van der Waals surface area contributed by atoms with Crippen LogP contribution in [0.4, 0.5) is 0 Å². The van der Waals surface area contributed by atoms with Gasteiger partial charge in [-0.2, -0.15) is 0 Å². The van der Waals surface area contributed by atoms with Crippen LogP contribution in [0.2, 0.25) is 0 Å². The van der Waals surface area contributed by atoms with Crippen molar-refractivity contribution < 1.29 is 0 Å². The molecule has 0 rings (SSSR count). The van der Waals surface area contributed by atoms with Gasteiger partial charge in [0.05, 0.1) is 0 Å². The van der Waals surface area contributed by atoms with Gasteiger partial charge in [0.2, 0.25) is 0 Å². The Morgan fingerprint density at radius 3 is 1.93 bits per heavy atom. The molecule has 0 atom stereocenters. The fourth-order valence-corrected chi connectivity index (χ4v) is 1.44. The van der Waals surface area contributed by atoms with Crippen molar-refractivity contribution in [3.05, 3.63) is 0 Å². The van der Waals surface area contributed by atoms with Crippen LogP contribution in [-0.2, 0) is 0 Å². The molecule has 0 fully saturated rings. The van der Waals surface area contributed by atoms with Crippen molar-refractivity contribution >= 4 is 0 Å². The number of rotatable bonds is 6. The first kappa shape index (κ1) is 14.9. The Labute approximate surface area is 96.2 Å². The molecular formula is C13H30N2. The van der Waals surface area contributed by atoms with E-state index < -0.39 is 0 Å². The summed E-state index contributed by atoms with van der Waals surface area (Å²) in [7, 11) is 2.19. The molecule has 92 valence electrons. The maximum absolute atomic E-state index is 6.19. The minimum Gasteiger partial charge on any atom is -0.325 e. The quantitative estimate of drug-likeness (QED) is 0.736. The molecule has 0 radical (unpaired) electrons. The van der Waals surface area contributed by atoms with Crippen LogP contribution in [0.3, 0.4) is 0 Å². The molecule has 0 aliphatic rings. The monoisotopic (exact) mass is 214 g/mol. The van der Waals surface area contributed by atoms with Crippen molar-refractivity contribution in [2.45, 2.75) is 53.5 Å². The summed E-state index contributed by atoms with van der Waals surface area (Å²) in [5, 5.41) is 0. The maximum Gasteiger partial charge on any atom is 0.0161 e. The molecule has 15 heavy (non-hydrogen) atoms. The van der Waals surface area contributed by atoms with Gasteiger partial charge in [-0.3, -0.25) is 0 Å². The number of nitrogens with two attached hydrogens (primary N) is 1. The van der Waals surface area contributed by atoms with E-state index in [0.717, 1.165) is 19.0 Å². The van der Waals surface area contributed by atoms with E-state index in [-0.39, 0.29) is 11.0 Å². The normalized spacial score (nSPS) is 14.0. The van der Waals surface area contributed by atoms with E-state index in [4.69, 9.17) is 5.73 Å². The first-order chi connectivity index (χ1) is 6.56. The zero-order chi connectivity index (χ0) is 12.3. The lowest BCUT2D eigenvalue weighted by molar-refractivity contribution is 0.127. The molecule has 0 bridgehead atoms. The molecule has 0 aromatic rings. The summed E-state index contributed by atoms with van der Waals surface area (Å²) in [5.74, 6) is 0.779. The van der Waals surface area contributed by atoms with Crippen LogP contribution in [0.15, 0.2) is 0 Å². The molecule has 0 heterocycles. The predicted molar refractivity (Wildman–Crippen MR) is 69.0 cm³/mol. The van der Waals surface area contributed by atoms with Gasteiger partial charge in [-0.25, -0.2) is 0 Å². The lowest BCUT2D eigenvalue weighted by atomic mass is 9.75. The molecule has 2 N–H and O–H groups in total. The van der Waals surface area contributed by atoms with Crippen molar-refractivity contribution in [2.24, 2.45) is 17.1 Å². The van der Waals surface area contributed by atoms with E-state index in [0.29, 0.717) is 0 Å². The Hall–Kier alpha value is -0.0800. The molecule has 0 unspecified atom stereocenters. The van der Waals surface area contributed by atoms with Gasteiger partial charge in [0, 0.05) is 12.1 Å². The molecule has 2 nitrogen and oxygen atoms in total. The van der Waals surface area contributed by atoms with E-state index >= 15 is 0 Å². The second-order valence-electron chi connectivity index (χ2n) is 6.53. The van der Waals surface area contributed by atoms with Gasteiger partial charge in [-0.05, 0) is 45.2 Å². The highest BCUT2D eigenvalue weighted by molar-refractivity contribution is 4.91. The van der Waals surface area contributed by atoms with Gasteiger partial charge in [-0.15, -0.1) is 0 Å². The highest BCUT2D eigenvalue weighted by Gasteiger charge is 2.34. The lowest BCUT2D eigenvalue weighted by Gasteiger charge is -2.41. The zero-order valence-electron chi connectivity index (χ0n) is 11.7. The maximum atomic E-state index is 6.19. The van der Waals surface area contributed by atoms with Crippen molar-refractivity contribution in [1.29, 1.82) is 0 Å². The molecule has 0 saturated carbocycles. The van der Waals surface area contributed by atoms with Gasteiger partial charge in [0.25, 0.3) is 0 Å². The van der Waals surface area contributed by atoms with E-state index in [1.165, 1.54) is 6.42 Å². The van der Waals surface area contributed by atoms with E-state index in [2.05, 4.69) is 53.5 Å². The summed E-state index contributed by atoms with van der Waals surface area (Å²) in [6.07, 6.45) is 1.26. The average molecular weight is 214 g/mol. The van der Waals surface area contributed by atoms with Crippen molar-refractivity contribution in [3.8, 4) is 0 Å². The number of nitrogens with zero attached hydrogens (tertiary/aromatic N) is 1. The smallest absolute Gasteiger partial charge is 0.0161 e. The van der Waals surface area contributed by atoms with Gasteiger partial charge < -0.3 is 10.6 Å². The lowest BCUT2D eigenvalue weighted by Crippen LogP contribution is -2.52. The third-order valence-electron chi connectivity index (χ3n) is 3.50. The molecular weight excluding hydrogens is 184 g/mol. The van der Waals surface area contributed by atoms with Gasteiger partial charge in [-0.1, -0.05) is 27.7 Å². The second-order valence-corrected chi connectivity index (χ2v) is 6.53. The molecule has 0 amide bonds. The van der Waals surface area contributed by atoms with Crippen molar-refractivity contribution in [1.82, 2.24) is 4.90 Å². The van der Waals surface area contributed by atoms with Gasteiger partial charge in [0.15, 0.2) is 0 Å². The van der Waals surface area contributed by atoms with Crippen LogP contribution >= 0.6 is 0 Å². The Morgan fingerprint density at radius 1 is 1.13 bits per heavy atom. The average Bonchev–Trinajstić information content (AvgIpc) is 1.97. The van der Waals surface area contributed by atoms with Crippen molar-refractivity contribution in [2.75, 3.05) is 20.1 Å². The van der Waals surface area contributed by atoms with Crippen LogP contribution in [-0.4, -0.2) is 30.6 Å². The highest BCUT2D eigenvalue weighted by atomic mass is 15.1. The predicted octanol–water partition coefficient (Wildman–Crippen LogP) is 2.73. The molecule has 0 aromatic heterocycles. The Morgan fingerprint density at radius 2 is 1.60 bits per heavy atom. The van der Waals surface area contributed by atoms with Crippen molar-refractivity contribution in [3.63, 3.8) is 0 Å². The third kappa shape index (κ3) is 5.53. The Balaban J connectivity index is 4.11. The first-order valence-electron chi connectivity index (χ1n) is 6.03. The topological polar surface area (TPSA) is 29.3 Å². The van der Waals surface area contributed by atoms with Gasteiger partial charge in [0.1, 0.15) is 0 Å². The summed E-state index contributed by atoms with van der Waals surface area (Å²) in [6.45, 7) is 15.5. The minimum atomic E-state index is -0.126. The zero-order valence-corrected chi connectivity index (χ0v) is 11.7. The molecule has 0 saturated heterocycles. The summed E-state index contributed by atoms with van der Waals surface area (Å²) >= 11 is 0. The van der Waals surface area contributed by atoms with E-state index in [1.807, 2.05) is 0 Å². The third-order valence-corrected chi connectivity index (χ3v) is 3.50. The van der Waals surface area contributed by atoms with Crippen LogP contribution < -0.4 is 5.73 Å². The highest BCUT2D eigenvalue weighted by Crippen LogP contribution is 2.28. The number of hydrogen-bond donors (Lipinski definition) is 1. The van der Waals surface area contributed by atoms with E-state index in [1.54, 1.807) is 0 Å². The Bertz CT molecular complexity index is 177. The molecule has 0 spiro atoms. The number of hydrogen-bond acceptors (Lipinski definition) is 2. The van der Waals surface area contributed by atoms with Gasteiger partial charge >= 0.3 is 0 Å². The first-order valence-corrected chi connectivity index (χ1v) is 6.03. The minimum absolute atomic E-state index is 0.126. The summed E-state index contributed by atoms with van der Waals surface area (Å²) in [4.78, 5) is 2.40. The van der Waals surface area contributed by atoms with Crippen LogP contribution in [0, 0.1) is 11.3 Å². The van der Waals surface area contributed by atoms with Crippen LogP contribution in [0.5, 0.6) is 0 Å². The molecule has 2 heteroatoms. The SMILES string of the molecule is CC(C)CCN(C)CC(C)(C)C(C)(C)N. The van der Waals surface area contributed by atoms with E-state index in [9.17, 15) is 0 Å². The fourth-order valence-electron chi connectivity index (χ4n) is 1.44. The summed E-state index contributed by atoms with van der Waals surface area (Å²) < 4.78 is 0. The fraction of sp³-hybridized carbons (Fsp3) is 1.00. The largest absolute Gasteiger partial charge is 0.325 e. The van der Waals surface area contributed by atoms with Crippen LogP contribution in [0.25, 0.3) is 0 Å². The second kappa shape index (κ2) is 5.31.